The van der Waals surface area contributed by atoms with E-state index in [1.54, 1.807) is 24.3 Å². The minimum Gasteiger partial charge on any atom is -0.497 e. The molecule has 1 atom stereocenters. The third-order valence-corrected chi connectivity index (χ3v) is 7.56. The molecule has 0 aromatic heterocycles. The molecule has 0 heterocycles. The van der Waals surface area contributed by atoms with E-state index in [-0.39, 0.29) is 23.7 Å². The second-order valence-electron chi connectivity index (χ2n) is 10.7. The Bertz CT molecular complexity index is 1480. The number of halogens is 2. The average Bonchev–Trinajstić information content (AvgIpc) is 2.90. The predicted octanol–water partition coefficient (Wildman–Crippen LogP) is 4.81. The minimum atomic E-state index is -4.01. The smallest absolute Gasteiger partial charge is 0.244 e. The first-order valence-electron chi connectivity index (χ1n) is 12.9. The third-order valence-electron chi connectivity index (χ3n) is 6.13. The summed E-state index contributed by atoms with van der Waals surface area (Å²) in [5, 5.41) is 2.68. The molecule has 2 amide bonds. The molecule has 0 spiro atoms. The van der Waals surface area contributed by atoms with Gasteiger partial charge in [0.05, 0.1) is 24.1 Å². The lowest BCUT2D eigenvalue weighted by Crippen LogP contribution is -2.56. The van der Waals surface area contributed by atoms with Crippen molar-refractivity contribution in [1.29, 1.82) is 0 Å². The Hall–Kier alpha value is -3.63. The molecule has 0 saturated heterocycles. The number of hydrogen-bond acceptors (Lipinski definition) is 5. The number of carbonyl (C=O) groups excluding carboxylic acids is 2. The number of ether oxygens (including phenoxy) is 1. The maximum atomic E-state index is 14.1. The highest BCUT2D eigenvalue weighted by Gasteiger charge is 2.34. The van der Waals surface area contributed by atoms with E-state index >= 15 is 0 Å². The number of nitrogens with zero attached hydrogens (tertiary/aromatic N) is 2. The van der Waals surface area contributed by atoms with Crippen LogP contribution in [0.5, 0.6) is 5.75 Å². The molecule has 0 bridgehead atoms. The Kier molecular flexibility index (Phi) is 10.4. The molecule has 0 aliphatic heterocycles. The molecule has 1 N–H and O–H groups in total. The summed E-state index contributed by atoms with van der Waals surface area (Å²) in [7, 11) is -2.49. The van der Waals surface area contributed by atoms with E-state index in [0.717, 1.165) is 28.3 Å². The Labute approximate surface area is 246 Å². The van der Waals surface area contributed by atoms with Crippen LogP contribution < -0.4 is 14.4 Å². The van der Waals surface area contributed by atoms with Crippen LogP contribution in [0.2, 0.25) is 5.02 Å². The number of nitrogens with one attached hydrogen (secondary N) is 1. The fourth-order valence-corrected chi connectivity index (χ4v) is 5.24. The van der Waals surface area contributed by atoms with E-state index in [1.165, 1.54) is 18.1 Å². The normalized spacial score (nSPS) is 12.4. The molecule has 0 aliphatic rings. The van der Waals surface area contributed by atoms with E-state index in [2.05, 4.69) is 5.32 Å². The molecular weight excluding hydrogens is 569 g/mol. The van der Waals surface area contributed by atoms with Gasteiger partial charge in [-0.1, -0.05) is 54.1 Å². The van der Waals surface area contributed by atoms with Crippen LogP contribution in [0, 0.1) is 5.82 Å². The highest BCUT2D eigenvalue weighted by molar-refractivity contribution is 7.92. The number of rotatable bonds is 11. The number of amides is 2. The molecule has 0 fully saturated rings. The van der Waals surface area contributed by atoms with Gasteiger partial charge >= 0.3 is 0 Å². The van der Waals surface area contributed by atoms with Gasteiger partial charge in [0.15, 0.2) is 0 Å². The van der Waals surface area contributed by atoms with Crippen molar-refractivity contribution in [2.24, 2.45) is 0 Å². The average molecular weight is 604 g/mol. The lowest BCUT2D eigenvalue weighted by atomic mass is 10.0. The minimum absolute atomic E-state index is 0.00707. The van der Waals surface area contributed by atoms with Crippen LogP contribution >= 0.6 is 11.6 Å². The predicted molar refractivity (Wildman–Crippen MR) is 159 cm³/mol. The van der Waals surface area contributed by atoms with Gasteiger partial charge in [-0.2, -0.15) is 0 Å². The zero-order chi connectivity index (χ0) is 30.4. The maximum absolute atomic E-state index is 14.1. The van der Waals surface area contributed by atoms with E-state index in [9.17, 15) is 22.4 Å². The number of benzene rings is 3. The van der Waals surface area contributed by atoms with Gasteiger partial charge in [0.2, 0.25) is 21.8 Å². The maximum Gasteiger partial charge on any atom is 0.244 e. The molecule has 0 radical (unpaired) electrons. The van der Waals surface area contributed by atoms with Crippen molar-refractivity contribution in [3.63, 3.8) is 0 Å². The first-order valence-corrected chi connectivity index (χ1v) is 15.1. The van der Waals surface area contributed by atoms with Gasteiger partial charge in [0.25, 0.3) is 0 Å². The van der Waals surface area contributed by atoms with Crippen molar-refractivity contribution >= 4 is 39.1 Å². The van der Waals surface area contributed by atoms with Gasteiger partial charge < -0.3 is 15.0 Å². The third kappa shape index (κ3) is 9.19. The van der Waals surface area contributed by atoms with E-state index in [4.69, 9.17) is 16.3 Å². The fraction of sp³-hybridized carbons (Fsp3) is 0.333. The Morgan fingerprint density at radius 3 is 2.24 bits per heavy atom. The van der Waals surface area contributed by atoms with Crippen molar-refractivity contribution in [1.82, 2.24) is 10.2 Å². The first kappa shape index (κ1) is 31.9. The van der Waals surface area contributed by atoms with Crippen LogP contribution in [0.1, 0.15) is 31.9 Å². The Balaban J connectivity index is 2.10. The molecular formula is C30H35ClFN3O5S. The second-order valence-corrected chi connectivity index (χ2v) is 13.0. The Morgan fingerprint density at radius 2 is 1.66 bits per heavy atom. The number of sulfonamides is 1. The standard InChI is InChI=1S/C30H35ClFN3O5S/c1-30(2,3)33-29(37)27(17-21-10-7-6-8-11-21)34(19-22-12-9-13-24(16-22)40-4)28(36)20-35(41(5,38)39)23-14-15-26(32)25(31)18-23/h6-16,18,27H,17,19-20H2,1-5H3,(H,33,37)/t27-/m1/s1. The van der Waals surface area contributed by atoms with Crippen molar-refractivity contribution in [3.8, 4) is 5.75 Å². The van der Waals surface area contributed by atoms with Gasteiger partial charge in [0.1, 0.15) is 24.2 Å². The van der Waals surface area contributed by atoms with E-state index in [1.807, 2.05) is 51.1 Å². The van der Waals surface area contributed by atoms with Crippen LogP contribution in [0.3, 0.4) is 0 Å². The van der Waals surface area contributed by atoms with Gasteiger partial charge in [-0.25, -0.2) is 12.8 Å². The van der Waals surface area contributed by atoms with Crippen LogP contribution in [0.25, 0.3) is 0 Å². The van der Waals surface area contributed by atoms with Gasteiger partial charge in [-0.3, -0.25) is 13.9 Å². The number of hydrogen-bond donors (Lipinski definition) is 1. The summed E-state index contributed by atoms with van der Waals surface area (Å²) in [6, 6.07) is 18.7. The molecule has 3 aromatic rings. The molecule has 0 unspecified atom stereocenters. The highest BCUT2D eigenvalue weighted by Crippen LogP contribution is 2.26. The lowest BCUT2D eigenvalue weighted by molar-refractivity contribution is -0.140. The molecule has 11 heteroatoms. The summed E-state index contributed by atoms with van der Waals surface area (Å²) in [6.07, 6.45) is 1.12. The monoisotopic (exact) mass is 603 g/mol. The topological polar surface area (TPSA) is 96.0 Å². The van der Waals surface area contributed by atoms with Gasteiger partial charge in [0, 0.05) is 18.5 Å². The largest absolute Gasteiger partial charge is 0.497 e. The van der Waals surface area contributed by atoms with Crippen LogP contribution in [0.4, 0.5) is 10.1 Å². The molecule has 8 nitrogen and oxygen atoms in total. The summed E-state index contributed by atoms with van der Waals surface area (Å²) in [5.74, 6) is -1.19. The number of carbonyl (C=O) groups is 2. The van der Waals surface area contributed by atoms with Crippen molar-refractivity contribution in [2.75, 3.05) is 24.2 Å². The molecule has 0 saturated carbocycles. The van der Waals surface area contributed by atoms with E-state index in [0.29, 0.717) is 11.3 Å². The number of methoxy groups -OCH3 is 1. The van der Waals surface area contributed by atoms with Crippen LogP contribution in [-0.4, -0.2) is 56.6 Å². The molecule has 41 heavy (non-hydrogen) atoms. The van der Waals surface area contributed by atoms with Crippen molar-refractivity contribution < 1.29 is 27.1 Å². The summed E-state index contributed by atoms with van der Waals surface area (Å²) in [6.45, 7) is 4.86. The summed E-state index contributed by atoms with van der Waals surface area (Å²) in [5.41, 5.74) is 0.915. The van der Waals surface area contributed by atoms with Crippen molar-refractivity contribution in [2.45, 2.75) is 45.3 Å². The van der Waals surface area contributed by atoms with E-state index < -0.39 is 45.8 Å². The summed E-state index contributed by atoms with van der Waals surface area (Å²) >= 11 is 5.93. The molecule has 0 aliphatic carbocycles. The Morgan fingerprint density at radius 1 is 1.00 bits per heavy atom. The first-order chi connectivity index (χ1) is 19.2. The quantitative estimate of drug-likeness (QED) is 0.339. The lowest BCUT2D eigenvalue weighted by Gasteiger charge is -2.35. The van der Waals surface area contributed by atoms with Crippen LogP contribution in [0.15, 0.2) is 72.8 Å². The number of anilines is 1. The van der Waals surface area contributed by atoms with Gasteiger partial charge in [-0.05, 0) is 62.2 Å². The zero-order valence-corrected chi connectivity index (χ0v) is 25.3. The van der Waals surface area contributed by atoms with Crippen molar-refractivity contribution in [3.05, 3.63) is 94.8 Å². The zero-order valence-electron chi connectivity index (χ0n) is 23.7. The van der Waals surface area contributed by atoms with Gasteiger partial charge in [-0.15, -0.1) is 0 Å². The highest BCUT2D eigenvalue weighted by atomic mass is 35.5. The summed E-state index contributed by atoms with van der Waals surface area (Å²) in [4.78, 5) is 29.2. The molecule has 3 rings (SSSR count). The summed E-state index contributed by atoms with van der Waals surface area (Å²) < 4.78 is 45.7. The molecule has 220 valence electrons. The van der Waals surface area contributed by atoms with Crippen LogP contribution in [-0.2, 0) is 32.6 Å². The molecule has 3 aromatic carbocycles. The SMILES string of the molecule is COc1cccc(CN(C(=O)CN(c2ccc(F)c(Cl)c2)S(C)(=O)=O)[C@H](Cc2ccccc2)C(=O)NC(C)(C)C)c1. The second kappa shape index (κ2) is 13.4. The fourth-order valence-electron chi connectivity index (χ4n) is 4.23.